The fraction of sp³-hybridized carbons (Fsp3) is 0.308. The number of fused-ring (bicyclic) bond motifs is 1. The maximum Gasteiger partial charge on any atom is 0.270 e. The number of non-ortho nitro benzene ring substituents is 1. The first-order chi connectivity index (χ1) is 9.16. The molecule has 1 aliphatic heterocycles. The van der Waals surface area contributed by atoms with E-state index in [4.69, 9.17) is 0 Å². The van der Waals surface area contributed by atoms with Gasteiger partial charge in [0.1, 0.15) is 0 Å². The number of nitrogens with one attached hydrogen (secondary N) is 2. The van der Waals surface area contributed by atoms with Crippen molar-refractivity contribution in [2.45, 2.75) is 18.9 Å². The molecule has 0 amide bonds. The van der Waals surface area contributed by atoms with Crippen LogP contribution in [0.2, 0.25) is 0 Å². The summed E-state index contributed by atoms with van der Waals surface area (Å²) < 4.78 is 0. The molecule has 0 saturated carbocycles. The molecule has 6 nitrogen and oxygen atoms in total. The molecule has 98 valence electrons. The molecule has 2 heterocycles. The first-order valence-electron chi connectivity index (χ1n) is 6.20. The van der Waals surface area contributed by atoms with Crippen molar-refractivity contribution in [1.82, 2.24) is 10.3 Å². The van der Waals surface area contributed by atoms with Crippen LogP contribution >= 0.6 is 0 Å². The highest BCUT2D eigenvalue weighted by Gasteiger charge is 2.25. The van der Waals surface area contributed by atoms with E-state index in [-0.39, 0.29) is 17.5 Å². The molecule has 0 bridgehead atoms. The third-order valence-corrected chi connectivity index (χ3v) is 3.52. The van der Waals surface area contributed by atoms with Crippen molar-refractivity contribution in [3.63, 3.8) is 0 Å². The average Bonchev–Trinajstić information content (AvgIpc) is 3.06. The molecule has 19 heavy (non-hydrogen) atoms. The Morgan fingerprint density at radius 2 is 2.26 bits per heavy atom. The van der Waals surface area contributed by atoms with E-state index in [9.17, 15) is 14.9 Å². The third-order valence-electron chi connectivity index (χ3n) is 3.52. The maximum atomic E-state index is 12.4. The van der Waals surface area contributed by atoms with Crippen LogP contribution in [0.15, 0.2) is 24.4 Å². The highest BCUT2D eigenvalue weighted by molar-refractivity contribution is 6.10. The number of rotatable bonds is 3. The summed E-state index contributed by atoms with van der Waals surface area (Å²) in [7, 11) is 0. The first kappa shape index (κ1) is 11.9. The first-order valence-corrected chi connectivity index (χ1v) is 6.20. The molecule has 0 spiro atoms. The lowest BCUT2D eigenvalue weighted by Gasteiger charge is -2.07. The summed E-state index contributed by atoms with van der Waals surface area (Å²) in [4.78, 5) is 25.7. The van der Waals surface area contributed by atoms with E-state index in [1.807, 2.05) is 0 Å². The summed E-state index contributed by atoms with van der Waals surface area (Å²) in [5, 5.41) is 14.6. The van der Waals surface area contributed by atoms with Crippen LogP contribution in [-0.2, 0) is 0 Å². The molecule has 0 aliphatic carbocycles. The topological polar surface area (TPSA) is 88.0 Å². The average molecular weight is 259 g/mol. The number of H-pyrrole nitrogens is 1. The van der Waals surface area contributed by atoms with E-state index in [2.05, 4.69) is 10.3 Å². The summed E-state index contributed by atoms with van der Waals surface area (Å²) in [5.41, 5.74) is 1.27. The Morgan fingerprint density at radius 3 is 2.95 bits per heavy atom. The number of Topliss-reactive ketones (excluding diaryl/α,β-unsaturated/α-hetero) is 1. The lowest BCUT2D eigenvalue weighted by atomic mass is 10.0. The minimum Gasteiger partial charge on any atom is -0.360 e. The second-order valence-electron chi connectivity index (χ2n) is 4.70. The minimum absolute atomic E-state index is 0.000492. The molecule has 1 aromatic carbocycles. The van der Waals surface area contributed by atoms with E-state index in [1.54, 1.807) is 12.3 Å². The molecule has 2 N–H and O–H groups in total. The molecule has 1 fully saturated rings. The van der Waals surface area contributed by atoms with Crippen LogP contribution in [0.5, 0.6) is 0 Å². The van der Waals surface area contributed by atoms with Crippen molar-refractivity contribution in [2.75, 3.05) is 6.54 Å². The number of benzene rings is 1. The maximum absolute atomic E-state index is 12.4. The number of nitro benzene ring substituents is 1. The molecule has 3 rings (SSSR count). The molecule has 1 atom stereocenters. The van der Waals surface area contributed by atoms with E-state index in [0.29, 0.717) is 10.9 Å². The minimum atomic E-state index is -0.450. The summed E-state index contributed by atoms with van der Waals surface area (Å²) >= 11 is 0. The fourth-order valence-corrected chi connectivity index (χ4v) is 2.52. The van der Waals surface area contributed by atoms with Crippen molar-refractivity contribution >= 4 is 22.4 Å². The van der Waals surface area contributed by atoms with Crippen LogP contribution in [0.3, 0.4) is 0 Å². The number of carbonyl (C=O) groups is 1. The van der Waals surface area contributed by atoms with Gasteiger partial charge in [-0.2, -0.15) is 0 Å². The SMILES string of the molecule is O=C(c1c[nH]c2ccc([N+](=O)[O-])cc12)C1CCCN1. The molecule has 1 aliphatic rings. The van der Waals surface area contributed by atoms with Crippen LogP contribution in [-0.4, -0.2) is 28.3 Å². The zero-order valence-corrected chi connectivity index (χ0v) is 10.2. The Hall–Kier alpha value is -2.21. The number of aromatic amines is 1. The molecule has 1 saturated heterocycles. The molecular weight excluding hydrogens is 246 g/mol. The Balaban J connectivity index is 2.05. The lowest BCUT2D eigenvalue weighted by Crippen LogP contribution is -2.30. The van der Waals surface area contributed by atoms with Crippen molar-refractivity contribution in [2.24, 2.45) is 0 Å². The van der Waals surface area contributed by atoms with Crippen LogP contribution in [0.25, 0.3) is 10.9 Å². The molecule has 1 unspecified atom stereocenters. The number of aromatic nitrogens is 1. The normalized spacial score (nSPS) is 18.8. The van der Waals surface area contributed by atoms with Crippen molar-refractivity contribution in [1.29, 1.82) is 0 Å². The van der Waals surface area contributed by atoms with Gasteiger partial charge in [0.15, 0.2) is 5.78 Å². The highest BCUT2D eigenvalue weighted by Crippen LogP contribution is 2.25. The van der Waals surface area contributed by atoms with Crippen molar-refractivity contribution in [3.8, 4) is 0 Å². The van der Waals surface area contributed by atoms with Gasteiger partial charge in [-0.3, -0.25) is 14.9 Å². The van der Waals surface area contributed by atoms with Crippen LogP contribution in [0.4, 0.5) is 5.69 Å². The molecule has 0 radical (unpaired) electrons. The van der Waals surface area contributed by atoms with Crippen molar-refractivity contribution < 1.29 is 9.72 Å². The van der Waals surface area contributed by atoms with Gasteiger partial charge in [-0.05, 0) is 25.5 Å². The standard InChI is InChI=1S/C13H13N3O3/c17-13(12-2-1-5-14-12)10-7-15-11-4-3-8(16(18)19)6-9(10)11/h3-4,6-7,12,14-15H,1-2,5H2. The van der Waals surface area contributed by atoms with Gasteiger partial charge in [0.05, 0.1) is 11.0 Å². The number of nitrogens with zero attached hydrogens (tertiary/aromatic N) is 1. The molecule has 1 aromatic heterocycles. The smallest absolute Gasteiger partial charge is 0.270 e. The van der Waals surface area contributed by atoms with E-state index in [1.165, 1.54) is 12.1 Å². The lowest BCUT2D eigenvalue weighted by molar-refractivity contribution is -0.384. The second-order valence-corrected chi connectivity index (χ2v) is 4.70. The van der Waals surface area contributed by atoms with Gasteiger partial charge < -0.3 is 10.3 Å². The van der Waals surface area contributed by atoms with Crippen LogP contribution < -0.4 is 5.32 Å². The molecular formula is C13H13N3O3. The zero-order valence-electron chi connectivity index (χ0n) is 10.2. The van der Waals surface area contributed by atoms with Gasteiger partial charge in [-0.25, -0.2) is 0 Å². The Labute approximate surface area is 109 Å². The predicted molar refractivity (Wildman–Crippen MR) is 70.3 cm³/mol. The van der Waals surface area contributed by atoms with Gasteiger partial charge in [-0.15, -0.1) is 0 Å². The quantitative estimate of drug-likeness (QED) is 0.501. The van der Waals surface area contributed by atoms with Gasteiger partial charge in [0.2, 0.25) is 0 Å². The Kier molecular flexibility index (Phi) is 2.79. The van der Waals surface area contributed by atoms with Crippen molar-refractivity contribution in [3.05, 3.63) is 40.1 Å². The number of hydrogen-bond acceptors (Lipinski definition) is 4. The highest BCUT2D eigenvalue weighted by atomic mass is 16.6. The Bertz CT molecular complexity index is 656. The van der Waals surface area contributed by atoms with E-state index < -0.39 is 4.92 Å². The fourth-order valence-electron chi connectivity index (χ4n) is 2.52. The van der Waals surface area contributed by atoms with Crippen LogP contribution in [0.1, 0.15) is 23.2 Å². The largest absolute Gasteiger partial charge is 0.360 e. The van der Waals surface area contributed by atoms with Gasteiger partial charge in [0.25, 0.3) is 5.69 Å². The Morgan fingerprint density at radius 1 is 1.42 bits per heavy atom. The summed E-state index contributed by atoms with van der Waals surface area (Å²) in [5.74, 6) is 0.00393. The summed E-state index contributed by atoms with van der Waals surface area (Å²) in [6.45, 7) is 0.846. The number of ketones is 1. The van der Waals surface area contributed by atoms with E-state index >= 15 is 0 Å². The number of nitro groups is 1. The third kappa shape index (κ3) is 2.00. The van der Waals surface area contributed by atoms with Gasteiger partial charge in [0, 0.05) is 34.8 Å². The second kappa shape index (κ2) is 4.47. The molecule has 6 heteroatoms. The van der Waals surface area contributed by atoms with Gasteiger partial charge >= 0.3 is 0 Å². The van der Waals surface area contributed by atoms with E-state index in [0.717, 1.165) is 24.9 Å². The van der Waals surface area contributed by atoms with Gasteiger partial charge in [-0.1, -0.05) is 0 Å². The summed E-state index contributed by atoms with van der Waals surface area (Å²) in [6, 6.07) is 4.35. The predicted octanol–water partition coefficient (Wildman–Crippen LogP) is 2.01. The number of hydrogen-bond donors (Lipinski definition) is 2. The number of carbonyl (C=O) groups excluding carboxylic acids is 1. The summed E-state index contributed by atoms with van der Waals surface area (Å²) in [6.07, 6.45) is 3.44. The van der Waals surface area contributed by atoms with Crippen LogP contribution in [0, 0.1) is 10.1 Å². The zero-order chi connectivity index (χ0) is 13.4. The molecule has 2 aromatic rings. The monoisotopic (exact) mass is 259 g/mol.